The summed E-state index contributed by atoms with van der Waals surface area (Å²) in [5, 5.41) is 4.99. The van der Waals surface area contributed by atoms with Gasteiger partial charge in [0.15, 0.2) is 0 Å². The van der Waals surface area contributed by atoms with Gasteiger partial charge in [-0.25, -0.2) is 0 Å². The lowest BCUT2D eigenvalue weighted by molar-refractivity contribution is 1.28. The van der Waals surface area contributed by atoms with Crippen LogP contribution in [-0.2, 0) is 0 Å². The fourth-order valence-corrected chi connectivity index (χ4v) is 8.23. The lowest BCUT2D eigenvalue weighted by atomic mass is 9.89. The fourth-order valence-electron chi connectivity index (χ4n) is 8.23. The molecule has 0 spiro atoms. The van der Waals surface area contributed by atoms with Gasteiger partial charge in [-0.2, -0.15) is 0 Å². The second kappa shape index (κ2) is 15.0. The van der Waals surface area contributed by atoms with E-state index in [0.717, 1.165) is 17.1 Å². The van der Waals surface area contributed by atoms with Crippen LogP contribution in [0, 0.1) is 0 Å². The largest absolute Gasteiger partial charge is 0.310 e. The van der Waals surface area contributed by atoms with Gasteiger partial charge in [0.25, 0.3) is 0 Å². The van der Waals surface area contributed by atoms with E-state index >= 15 is 0 Å². The van der Waals surface area contributed by atoms with Crippen LogP contribution in [0.15, 0.2) is 237 Å². The number of para-hydroxylation sites is 1. The lowest BCUT2D eigenvalue weighted by Crippen LogP contribution is -2.11. The second-order valence-electron chi connectivity index (χ2n) is 14.5. The molecule has 268 valence electrons. The van der Waals surface area contributed by atoms with Crippen molar-refractivity contribution in [3.05, 3.63) is 237 Å². The molecule has 0 N–H and O–H groups in total. The summed E-state index contributed by atoms with van der Waals surface area (Å²) in [4.78, 5) is 2.39. The smallest absolute Gasteiger partial charge is 0.0540 e. The zero-order valence-corrected chi connectivity index (χ0v) is 31.5. The number of hydrogen-bond donors (Lipinski definition) is 0. The molecule has 0 bridgehead atoms. The summed E-state index contributed by atoms with van der Waals surface area (Å²) >= 11 is 0. The summed E-state index contributed by atoms with van der Waals surface area (Å²) in [7, 11) is 0. The molecular formula is C56H39N. The SMILES string of the molecule is c1ccc(-c2ccccc2N(c2ccc(-c3cccc(-c4ccc5ccccc5c4)c3)cc2)c2ccc(-c3c(-c4ccccc4)ccc4ccccc34)cc2)cc1. The molecule has 0 aromatic heterocycles. The molecule has 0 unspecified atom stereocenters. The molecule has 57 heavy (non-hydrogen) atoms. The highest BCUT2D eigenvalue weighted by atomic mass is 15.1. The highest BCUT2D eigenvalue weighted by Crippen LogP contribution is 2.44. The molecule has 1 nitrogen and oxygen atoms in total. The normalized spacial score (nSPS) is 11.2. The maximum atomic E-state index is 2.39. The van der Waals surface area contributed by atoms with Crippen molar-refractivity contribution in [3.8, 4) is 55.6 Å². The highest BCUT2D eigenvalue weighted by molar-refractivity contribution is 6.04. The number of fused-ring (bicyclic) bond motifs is 2. The van der Waals surface area contributed by atoms with E-state index in [-0.39, 0.29) is 0 Å². The number of anilines is 3. The van der Waals surface area contributed by atoms with Crippen LogP contribution in [0.5, 0.6) is 0 Å². The minimum absolute atomic E-state index is 1.09. The van der Waals surface area contributed by atoms with Crippen LogP contribution in [-0.4, -0.2) is 0 Å². The summed E-state index contributed by atoms with van der Waals surface area (Å²) in [5.41, 5.74) is 15.3. The van der Waals surface area contributed by atoms with Gasteiger partial charge in [0.2, 0.25) is 0 Å². The second-order valence-corrected chi connectivity index (χ2v) is 14.5. The van der Waals surface area contributed by atoms with Crippen LogP contribution in [0.2, 0.25) is 0 Å². The van der Waals surface area contributed by atoms with E-state index in [4.69, 9.17) is 0 Å². The molecular weight excluding hydrogens is 687 g/mol. The summed E-state index contributed by atoms with van der Waals surface area (Å²) in [6.45, 7) is 0. The Bertz CT molecular complexity index is 2980. The van der Waals surface area contributed by atoms with Crippen LogP contribution >= 0.6 is 0 Å². The van der Waals surface area contributed by atoms with Crippen molar-refractivity contribution in [2.24, 2.45) is 0 Å². The Morgan fingerprint density at radius 3 is 1.46 bits per heavy atom. The molecule has 0 aliphatic heterocycles. The molecule has 0 fully saturated rings. The number of benzene rings is 10. The number of nitrogens with zero attached hydrogens (tertiary/aromatic N) is 1. The Balaban J connectivity index is 1.07. The summed E-state index contributed by atoms with van der Waals surface area (Å²) in [5.74, 6) is 0. The van der Waals surface area contributed by atoms with Crippen LogP contribution < -0.4 is 4.90 Å². The van der Waals surface area contributed by atoms with E-state index in [9.17, 15) is 0 Å². The van der Waals surface area contributed by atoms with Gasteiger partial charge >= 0.3 is 0 Å². The van der Waals surface area contributed by atoms with Gasteiger partial charge < -0.3 is 4.90 Å². The third kappa shape index (κ3) is 6.66. The monoisotopic (exact) mass is 725 g/mol. The Hall–Kier alpha value is -7.48. The van der Waals surface area contributed by atoms with Crippen molar-refractivity contribution >= 4 is 38.6 Å². The summed E-state index contributed by atoms with van der Waals surface area (Å²) < 4.78 is 0. The molecule has 0 saturated carbocycles. The van der Waals surface area contributed by atoms with E-state index in [1.54, 1.807) is 0 Å². The standard InChI is InChI=1S/C56H39N/c1-3-15-42(16-4-1)52-23-11-12-25-55(52)57(50-33-28-41(29-34-50)47-21-13-22-48(38-47)49-27-26-40-14-7-8-20-46(40)39-49)51-35-30-45(31-36-51)56-53-24-10-9-19-44(53)32-37-54(56)43-17-5-2-6-18-43/h1-39H. The van der Waals surface area contributed by atoms with Crippen molar-refractivity contribution in [2.75, 3.05) is 4.90 Å². The van der Waals surface area contributed by atoms with Gasteiger partial charge in [-0.05, 0) is 114 Å². The van der Waals surface area contributed by atoms with Gasteiger partial charge in [-0.1, -0.05) is 194 Å². The van der Waals surface area contributed by atoms with E-state index < -0.39 is 0 Å². The molecule has 0 radical (unpaired) electrons. The molecule has 10 aromatic carbocycles. The van der Waals surface area contributed by atoms with Crippen LogP contribution in [0.4, 0.5) is 17.1 Å². The Morgan fingerprint density at radius 2 is 0.737 bits per heavy atom. The number of hydrogen-bond acceptors (Lipinski definition) is 1. The third-order valence-electron chi connectivity index (χ3n) is 11.1. The zero-order chi connectivity index (χ0) is 38.0. The zero-order valence-electron chi connectivity index (χ0n) is 31.5. The maximum absolute atomic E-state index is 2.39. The molecule has 1 heteroatoms. The highest BCUT2D eigenvalue weighted by Gasteiger charge is 2.19. The Morgan fingerprint density at radius 1 is 0.246 bits per heavy atom. The average Bonchev–Trinajstić information content (AvgIpc) is 3.30. The van der Waals surface area contributed by atoms with Crippen LogP contribution in [0.1, 0.15) is 0 Å². The van der Waals surface area contributed by atoms with Crippen molar-refractivity contribution in [1.29, 1.82) is 0 Å². The fraction of sp³-hybridized carbons (Fsp3) is 0. The van der Waals surface area contributed by atoms with Gasteiger partial charge in [-0.15, -0.1) is 0 Å². The average molecular weight is 726 g/mol. The van der Waals surface area contributed by atoms with Gasteiger partial charge in [0.05, 0.1) is 5.69 Å². The van der Waals surface area contributed by atoms with E-state index in [1.165, 1.54) is 77.2 Å². The minimum Gasteiger partial charge on any atom is -0.310 e. The molecule has 10 aromatic rings. The predicted molar refractivity (Wildman–Crippen MR) is 243 cm³/mol. The summed E-state index contributed by atoms with van der Waals surface area (Å²) in [6, 6.07) is 85.6. The van der Waals surface area contributed by atoms with E-state index in [0.29, 0.717) is 0 Å². The first-order chi connectivity index (χ1) is 28.3. The number of rotatable bonds is 8. The van der Waals surface area contributed by atoms with Crippen molar-refractivity contribution in [1.82, 2.24) is 0 Å². The molecule has 0 aliphatic carbocycles. The molecule has 10 rings (SSSR count). The van der Waals surface area contributed by atoms with E-state index in [2.05, 4.69) is 241 Å². The maximum Gasteiger partial charge on any atom is 0.0540 e. The van der Waals surface area contributed by atoms with Crippen LogP contribution in [0.25, 0.3) is 77.2 Å². The molecule has 0 aliphatic rings. The summed E-state index contributed by atoms with van der Waals surface area (Å²) in [6.07, 6.45) is 0. The van der Waals surface area contributed by atoms with Gasteiger partial charge in [0.1, 0.15) is 0 Å². The first kappa shape index (κ1) is 34.0. The Labute approximate surface area is 334 Å². The van der Waals surface area contributed by atoms with Gasteiger partial charge in [0, 0.05) is 16.9 Å². The quantitative estimate of drug-likeness (QED) is 0.151. The van der Waals surface area contributed by atoms with E-state index in [1.807, 2.05) is 0 Å². The lowest BCUT2D eigenvalue weighted by Gasteiger charge is -2.28. The Kier molecular flexibility index (Phi) is 8.95. The molecule has 0 heterocycles. The molecule has 0 saturated heterocycles. The first-order valence-corrected chi connectivity index (χ1v) is 19.6. The van der Waals surface area contributed by atoms with Crippen LogP contribution in [0.3, 0.4) is 0 Å². The van der Waals surface area contributed by atoms with Gasteiger partial charge in [-0.3, -0.25) is 0 Å². The predicted octanol–water partition coefficient (Wildman–Crippen LogP) is 15.8. The topological polar surface area (TPSA) is 3.24 Å². The molecule has 0 atom stereocenters. The molecule has 0 amide bonds. The minimum atomic E-state index is 1.09. The van der Waals surface area contributed by atoms with Crippen molar-refractivity contribution in [3.63, 3.8) is 0 Å². The van der Waals surface area contributed by atoms with Crippen molar-refractivity contribution in [2.45, 2.75) is 0 Å². The van der Waals surface area contributed by atoms with Crippen molar-refractivity contribution < 1.29 is 0 Å². The third-order valence-corrected chi connectivity index (χ3v) is 11.1. The first-order valence-electron chi connectivity index (χ1n) is 19.6.